The van der Waals surface area contributed by atoms with E-state index in [-0.39, 0.29) is 18.7 Å². The van der Waals surface area contributed by atoms with Crippen molar-refractivity contribution >= 4 is 23.5 Å². The molecular formula is C17H18ClN3O3. The number of benzene rings is 1. The summed E-state index contributed by atoms with van der Waals surface area (Å²) in [5, 5.41) is 13.8. The number of fused-ring (bicyclic) bond motifs is 1. The molecule has 0 radical (unpaired) electrons. The summed E-state index contributed by atoms with van der Waals surface area (Å²) in [5.74, 6) is -0.805. The van der Waals surface area contributed by atoms with Crippen LogP contribution in [0.1, 0.15) is 23.4 Å². The number of hydrogen-bond donors (Lipinski definition) is 1. The summed E-state index contributed by atoms with van der Waals surface area (Å²) < 4.78 is 1.86. The maximum atomic E-state index is 12.5. The summed E-state index contributed by atoms with van der Waals surface area (Å²) in [6.45, 7) is 1.70. The van der Waals surface area contributed by atoms with Crippen LogP contribution in [0.2, 0.25) is 5.02 Å². The van der Waals surface area contributed by atoms with Gasteiger partial charge in [0.1, 0.15) is 0 Å². The van der Waals surface area contributed by atoms with Crippen molar-refractivity contribution < 1.29 is 14.7 Å². The highest BCUT2D eigenvalue weighted by atomic mass is 35.5. The molecule has 24 heavy (non-hydrogen) atoms. The van der Waals surface area contributed by atoms with Crippen LogP contribution in [0.5, 0.6) is 0 Å². The molecule has 1 aromatic carbocycles. The summed E-state index contributed by atoms with van der Waals surface area (Å²) in [7, 11) is 0. The maximum absolute atomic E-state index is 12.5. The first-order valence-corrected chi connectivity index (χ1v) is 8.19. The molecule has 0 aliphatic carbocycles. The molecule has 0 fully saturated rings. The molecule has 1 amide bonds. The van der Waals surface area contributed by atoms with Crippen molar-refractivity contribution in [3.63, 3.8) is 0 Å². The number of amides is 1. The van der Waals surface area contributed by atoms with Crippen LogP contribution in [0, 0.1) is 0 Å². The Morgan fingerprint density at radius 1 is 1.25 bits per heavy atom. The van der Waals surface area contributed by atoms with Crippen LogP contribution < -0.4 is 0 Å². The molecule has 126 valence electrons. The second-order valence-corrected chi connectivity index (χ2v) is 6.23. The van der Waals surface area contributed by atoms with Crippen molar-refractivity contribution in [2.24, 2.45) is 0 Å². The fraction of sp³-hybridized carbons (Fsp3) is 0.353. The van der Waals surface area contributed by atoms with Crippen LogP contribution in [0.4, 0.5) is 0 Å². The van der Waals surface area contributed by atoms with Gasteiger partial charge in [-0.05, 0) is 17.7 Å². The summed E-state index contributed by atoms with van der Waals surface area (Å²) in [6.07, 6.45) is 0.744. The molecule has 0 unspecified atom stereocenters. The van der Waals surface area contributed by atoms with Crippen molar-refractivity contribution in [2.45, 2.75) is 32.4 Å². The number of aliphatic carboxylic acids is 1. The highest BCUT2D eigenvalue weighted by Gasteiger charge is 2.23. The van der Waals surface area contributed by atoms with Crippen LogP contribution in [0.3, 0.4) is 0 Å². The van der Waals surface area contributed by atoms with Crippen molar-refractivity contribution in [1.82, 2.24) is 14.7 Å². The summed E-state index contributed by atoms with van der Waals surface area (Å²) in [5.41, 5.74) is 2.52. The van der Waals surface area contributed by atoms with E-state index in [2.05, 4.69) is 5.10 Å². The number of carbonyl (C=O) groups is 2. The molecule has 1 aromatic heterocycles. The van der Waals surface area contributed by atoms with Gasteiger partial charge in [-0.25, -0.2) is 0 Å². The van der Waals surface area contributed by atoms with Gasteiger partial charge in [0.25, 0.3) is 0 Å². The fourth-order valence-corrected chi connectivity index (χ4v) is 3.01. The topological polar surface area (TPSA) is 75.4 Å². The lowest BCUT2D eigenvalue weighted by Crippen LogP contribution is -2.39. The number of aryl methyl sites for hydroxylation is 1. The van der Waals surface area contributed by atoms with E-state index in [1.807, 2.05) is 28.9 Å². The molecule has 1 aliphatic rings. The van der Waals surface area contributed by atoms with Crippen LogP contribution in [0.25, 0.3) is 0 Å². The molecule has 0 bridgehead atoms. The average molecular weight is 348 g/mol. The Morgan fingerprint density at radius 2 is 2.04 bits per heavy atom. The molecule has 0 spiro atoms. The van der Waals surface area contributed by atoms with Gasteiger partial charge in [0, 0.05) is 18.0 Å². The number of halogens is 1. The van der Waals surface area contributed by atoms with Gasteiger partial charge in [0.15, 0.2) is 0 Å². The van der Waals surface area contributed by atoms with Gasteiger partial charge in [-0.2, -0.15) is 5.10 Å². The second-order valence-electron chi connectivity index (χ2n) is 5.83. The molecule has 1 aliphatic heterocycles. The fourth-order valence-electron chi connectivity index (χ4n) is 2.81. The Kier molecular flexibility index (Phi) is 4.85. The molecule has 2 aromatic rings. The normalized spacial score (nSPS) is 13.6. The van der Waals surface area contributed by atoms with E-state index in [4.69, 9.17) is 16.7 Å². The largest absolute Gasteiger partial charge is 0.481 e. The predicted octanol–water partition coefficient (Wildman–Crippen LogP) is 2.14. The number of aromatic nitrogens is 2. The zero-order valence-electron chi connectivity index (χ0n) is 13.1. The van der Waals surface area contributed by atoms with E-state index in [0.29, 0.717) is 31.1 Å². The number of carboxylic acids is 1. The number of rotatable bonds is 5. The van der Waals surface area contributed by atoms with Crippen LogP contribution in [0.15, 0.2) is 30.3 Å². The predicted molar refractivity (Wildman–Crippen MR) is 88.8 cm³/mol. The quantitative estimate of drug-likeness (QED) is 0.899. The molecule has 0 atom stereocenters. The van der Waals surface area contributed by atoms with E-state index in [1.54, 1.807) is 11.0 Å². The van der Waals surface area contributed by atoms with E-state index < -0.39 is 5.97 Å². The lowest BCUT2D eigenvalue weighted by atomic mass is 10.1. The minimum atomic E-state index is -0.836. The second kappa shape index (κ2) is 7.05. The maximum Gasteiger partial charge on any atom is 0.303 e. The highest BCUT2D eigenvalue weighted by molar-refractivity contribution is 6.31. The lowest BCUT2D eigenvalue weighted by molar-refractivity contribution is -0.137. The molecule has 7 heteroatoms. The van der Waals surface area contributed by atoms with Crippen molar-refractivity contribution in [2.75, 3.05) is 6.54 Å². The van der Waals surface area contributed by atoms with Gasteiger partial charge < -0.3 is 10.0 Å². The van der Waals surface area contributed by atoms with Gasteiger partial charge in [-0.15, -0.1) is 0 Å². The van der Waals surface area contributed by atoms with Crippen molar-refractivity contribution in [1.29, 1.82) is 0 Å². The summed E-state index contributed by atoms with van der Waals surface area (Å²) in [6, 6.07) is 9.24. The van der Waals surface area contributed by atoms with Crippen LogP contribution >= 0.6 is 11.6 Å². The minimum Gasteiger partial charge on any atom is -0.481 e. The number of carboxylic acid groups (broad SMARTS) is 1. The SMILES string of the molecule is O=C(O)CCc1cc2n(n1)CCN(C(=O)Cc1ccccc1Cl)C2. The lowest BCUT2D eigenvalue weighted by Gasteiger charge is -2.27. The van der Waals surface area contributed by atoms with Crippen LogP contribution in [-0.4, -0.2) is 38.2 Å². The van der Waals surface area contributed by atoms with Gasteiger partial charge in [0.2, 0.25) is 5.91 Å². The Hall–Kier alpha value is -2.34. The monoisotopic (exact) mass is 347 g/mol. The third-order valence-electron chi connectivity index (χ3n) is 4.10. The van der Waals surface area contributed by atoms with E-state index in [9.17, 15) is 9.59 Å². The third kappa shape index (κ3) is 3.76. The zero-order valence-corrected chi connectivity index (χ0v) is 13.9. The van der Waals surface area contributed by atoms with Gasteiger partial charge in [-0.1, -0.05) is 29.8 Å². The highest BCUT2D eigenvalue weighted by Crippen LogP contribution is 2.19. The molecule has 1 N–H and O–H groups in total. The first-order valence-electron chi connectivity index (χ1n) is 7.81. The summed E-state index contributed by atoms with van der Waals surface area (Å²) in [4.78, 5) is 25.0. The number of nitrogens with zero attached hydrogens (tertiary/aromatic N) is 3. The third-order valence-corrected chi connectivity index (χ3v) is 4.46. The Bertz CT molecular complexity index is 772. The Labute approximate surface area is 144 Å². The summed E-state index contributed by atoms with van der Waals surface area (Å²) >= 11 is 6.12. The molecule has 6 nitrogen and oxygen atoms in total. The Morgan fingerprint density at radius 3 is 2.79 bits per heavy atom. The standard InChI is InChI=1S/C17H18ClN3O3/c18-15-4-2-1-3-12(15)9-16(22)20-7-8-21-14(11-20)10-13(19-21)5-6-17(23)24/h1-4,10H,5-9,11H2,(H,23,24). The first-order chi connectivity index (χ1) is 11.5. The van der Waals surface area contributed by atoms with E-state index >= 15 is 0 Å². The van der Waals surface area contributed by atoms with E-state index in [1.165, 1.54) is 0 Å². The van der Waals surface area contributed by atoms with Gasteiger partial charge in [-0.3, -0.25) is 14.3 Å². The number of carbonyl (C=O) groups excluding carboxylic acids is 1. The Balaban J connectivity index is 1.65. The number of hydrogen-bond acceptors (Lipinski definition) is 3. The molecule has 3 rings (SSSR count). The van der Waals surface area contributed by atoms with Crippen LogP contribution in [-0.2, 0) is 35.5 Å². The zero-order chi connectivity index (χ0) is 17.1. The smallest absolute Gasteiger partial charge is 0.303 e. The average Bonchev–Trinajstić information content (AvgIpc) is 2.97. The van der Waals surface area contributed by atoms with Gasteiger partial charge >= 0.3 is 5.97 Å². The van der Waals surface area contributed by atoms with E-state index in [0.717, 1.165) is 17.0 Å². The van der Waals surface area contributed by atoms with Gasteiger partial charge in [0.05, 0.1) is 37.3 Å². The molecule has 2 heterocycles. The molecule has 0 saturated carbocycles. The van der Waals surface area contributed by atoms with Crippen molar-refractivity contribution in [3.05, 3.63) is 52.3 Å². The molecular weight excluding hydrogens is 330 g/mol. The first kappa shape index (κ1) is 16.5. The van der Waals surface area contributed by atoms with Crippen molar-refractivity contribution in [3.8, 4) is 0 Å². The molecule has 0 saturated heterocycles. The minimum absolute atomic E-state index is 0.0302.